The number of benzene rings is 1. The Morgan fingerprint density at radius 3 is 2.86 bits per heavy atom. The van der Waals surface area contributed by atoms with Gasteiger partial charge in [0.15, 0.2) is 0 Å². The first kappa shape index (κ1) is 14.2. The van der Waals surface area contributed by atoms with Crippen LogP contribution in [0.2, 0.25) is 0 Å². The molecule has 2 heterocycles. The molecule has 1 fully saturated rings. The predicted octanol–water partition coefficient (Wildman–Crippen LogP) is 2.67. The Balaban J connectivity index is 1.56. The Morgan fingerprint density at radius 2 is 2.10 bits per heavy atom. The number of hydrogen-bond donors (Lipinski definition) is 1. The van der Waals surface area contributed by atoms with E-state index < -0.39 is 0 Å². The Morgan fingerprint density at radius 1 is 1.29 bits per heavy atom. The molecule has 1 N–H and O–H groups in total. The lowest BCUT2D eigenvalue weighted by atomic mass is 10.1. The van der Waals surface area contributed by atoms with Gasteiger partial charge in [0.1, 0.15) is 4.88 Å². The van der Waals surface area contributed by atoms with E-state index in [4.69, 9.17) is 0 Å². The molecule has 0 radical (unpaired) electrons. The minimum absolute atomic E-state index is 0.0533. The molecule has 1 aliphatic heterocycles. The summed E-state index contributed by atoms with van der Waals surface area (Å²) in [4.78, 5) is 19.0. The standard InChI is InChI=1S/C16H19N3OS/c20-16(15-10-17-12-21-15)18-9-13-4-3-5-14(8-13)11-19-6-1-2-7-19/h3-5,8,10,12H,1-2,6-7,9,11H2,(H,18,20). The maximum absolute atomic E-state index is 11.9. The van der Waals surface area contributed by atoms with Gasteiger partial charge >= 0.3 is 0 Å². The molecule has 1 aromatic carbocycles. The minimum Gasteiger partial charge on any atom is -0.347 e. The van der Waals surface area contributed by atoms with Crippen molar-refractivity contribution >= 4 is 17.2 Å². The van der Waals surface area contributed by atoms with E-state index in [0.717, 1.165) is 12.1 Å². The summed E-state index contributed by atoms with van der Waals surface area (Å²) >= 11 is 1.36. The van der Waals surface area contributed by atoms with Gasteiger partial charge in [-0.2, -0.15) is 0 Å². The fourth-order valence-corrected chi connectivity index (χ4v) is 3.17. The average Bonchev–Trinajstić information content (AvgIpc) is 3.18. The fraction of sp³-hybridized carbons (Fsp3) is 0.375. The van der Waals surface area contributed by atoms with Crippen LogP contribution in [-0.2, 0) is 13.1 Å². The van der Waals surface area contributed by atoms with Gasteiger partial charge in [0.2, 0.25) is 0 Å². The third kappa shape index (κ3) is 3.89. The molecule has 1 saturated heterocycles. The highest BCUT2D eigenvalue weighted by Gasteiger charge is 2.12. The van der Waals surface area contributed by atoms with Crippen molar-refractivity contribution in [3.05, 3.63) is 52.0 Å². The molecule has 21 heavy (non-hydrogen) atoms. The summed E-state index contributed by atoms with van der Waals surface area (Å²) < 4.78 is 0. The van der Waals surface area contributed by atoms with Crippen molar-refractivity contribution in [2.24, 2.45) is 0 Å². The smallest absolute Gasteiger partial charge is 0.263 e. The summed E-state index contributed by atoms with van der Waals surface area (Å²) in [5.41, 5.74) is 4.14. The first-order chi connectivity index (χ1) is 10.3. The van der Waals surface area contributed by atoms with Crippen molar-refractivity contribution in [3.8, 4) is 0 Å². The van der Waals surface area contributed by atoms with Crippen molar-refractivity contribution in [3.63, 3.8) is 0 Å². The molecule has 110 valence electrons. The zero-order valence-corrected chi connectivity index (χ0v) is 12.7. The molecular formula is C16H19N3OS. The van der Waals surface area contributed by atoms with Crippen molar-refractivity contribution in [1.82, 2.24) is 15.2 Å². The number of carbonyl (C=O) groups excluding carboxylic acids is 1. The molecule has 4 nitrogen and oxygen atoms in total. The third-order valence-corrected chi connectivity index (χ3v) is 4.48. The van der Waals surface area contributed by atoms with Crippen LogP contribution in [0.15, 0.2) is 36.0 Å². The lowest BCUT2D eigenvalue weighted by Gasteiger charge is -2.15. The number of aromatic nitrogens is 1. The molecule has 5 heteroatoms. The quantitative estimate of drug-likeness (QED) is 0.923. The van der Waals surface area contributed by atoms with E-state index in [1.54, 1.807) is 11.7 Å². The van der Waals surface area contributed by atoms with E-state index in [0.29, 0.717) is 11.4 Å². The molecule has 1 aromatic heterocycles. The van der Waals surface area contributed by atoms with E-state index in [9.17, 15) is 4.79 Å². The topological polar surface area (TPSA) is 45.2 Å². The predicted molar refractivity (Wildman–Crippen MR) is 84.2 cm³/mol. The first-order valence-electron chi connectivity index (χ1n) is 7.28. The largest absolute Gasteiger partial charge is 0.347 e. The Kier molecular flexibility index (Phi) is 4.62. The van der Waals surface area contributed by atoms with Crippen molar-refractivity contribution in [1.29, 1.82) is 0 Å². The Hall–Kier alpha value is -1.72. The number of nitrogens with one attached hydrogen (secondary N) is 1. The van der Waals surface area contributed by atoms with Gasteiger partial charge in [0, 0.05) is 13.1 Å². The molecule has 2 aromatic rings. The van der Waals surface area contributed by atoms with Gasteiger partial charge in [-0.25, -0.2) is 0 Å². The van der Waals surface area contributed by atoms with Crippen molar-refractivity contribution in [2.45, 2.75) is 25.9 Å². The second-order valence-corrected chi connectivity index (χ2v) is 6.24. The van der Waals surface area contributed by atoms with Crippen molar-refractivity contribution < 1.29 is 4.79 Å². The molecule has 1 aliphatic rings. The normalized spacial score (nSPS) is 15.2. The van der Waals surface area contributed by atoms with Crippen LogP contribution < -0.4 is 5.32 Å². The van der Waals surface area contributed by atoms with Crippen LogP contribution in [0, 0.1) is 0 Å². The van der Waals surface area contributed by atoms with Crippen LogP contribution in [0.1, 0.15) is 33.6 Å². The molecule has 3 rings (SSSR count). The maximum Gasteiger partial charge on any atom is 0.263 e. The summed E-state index contributed by atoms with van der Waals surface area (Å²) in [5.74, 6) is -0.0533. The fourth-order valence-electron chi connectivity index (χ4n) is 2.63. The number of likely N-dealkylation sites (tertiary alicyclic amines) is 1. The SMILES string of the molecule is O=C(NCc1cccc(CN2CCCC2)c1)c1cncs1. The molecule has 0 unspecified atom stereocenters. The van der Waals surface area contributed by atoms with Crippen LogP contribution in [-0.4, -0.2) is 28.9 Å². The number of thiazole rings is 1. The zero-order valence-electron chi connectivity index (χ0n) is 11.9. The monoisotopic (exact) mass is 301 g/mol. The number of amides is 1. The summed E-state index contributed by atoms with van der Waals surface area (Å²) in [7, 11) is 0. The van der Waals surface area contributed by atoms with E-state index in [1.165, 1.54) is 42.8 Å². The summed E-state index contributed by atoms with van der Waals surface area (Å²) in [6.07, 6.45) is 4.22. The van der Waals surface area contributed by atoms with Gasteiger partial charge in [-0.05, 0) is 37.1 Å². The van der Waals surface area contributed by atoms with Gasteiger partial charge in [0.25, 0.3) is 5.91 Å². The van der Waals surface area contributed by atoms with Crippen LogP contribution in [0.5, 0.6) is 0 Å². The number of hydrogen-bond acceptors (Lipinski definition) is 4. The van der Waals surface area contributed by atoms with Gasteiger partial charge in [-0.1, -0.05) is 24.3 Å². The molecular weight excluding hydrogens is 282 g/mol. The highest BCUT2D eigenvalue weighted by Crippen LogP contribution is 2.14. The van der Waals surface area contributed by atoms with Crippen molar-refractivity contribution in [2.75, 3.05) is 13.1 Å². The lowest BCUT2D eigenvalue weighted by Crippen LogP contribution is -2.22. The number of rotatable bonds is 5. The first-order valence-corrected chi connectivity index (χ1v) is 8.16. The van der Waals surface area contributed by atoms with Crippen LogP contribution in [0.25, 0.3) is 0 Å². The van der Waals surface area contributed by atoms with Crippen LogP contribution in [0.4, 0.5) is 0 Å². The molecule has 0 aliphatic carbocycles. The van der Waals surface area contributed by atoms with E-state index in [1.807, 2.05) is 0 Å². The molecule has 0 saturated carbocycles. The van der Waals surface area contributed by atoms with Gasteiger partial charge in [-0.3, -0.25) is 14.7 Å². The van der Waals surface area contributed by atoms with E-state index in [-0.39, 0.29) is 5.91 Å². The Labute approximate surface area is 128 Å². The maximum atomic E-state index is 11.9. The Bertz CT molecular complexity index is 591. The van der Waals surface area contributed by atoms with Crippen LogP contribution in [0.3, 0.4) is 0 Å². The zero-order chi connectivity index (χ0) is 14.5. The number of carbonyl (C=O) groups is 1. The lowest BCUT2D eigenvalue weighted by molar-refractivity contribution is 0.0954. The summed E-state index contributed by atoms with van der Waals surface area (Å²) in [6, 6.07) is 8.47. The minimum atomic E-state index is -0.0533. The van der Waals surface area contributed by atoms with E-state index in [2.05, 4.69) is 39.5 Å². The van der Waals surface area contributed by atoms with Gasteiger partial charge < -0.3 is 5.32 Å². The van der Waals surface area contributed by atoms with Gasteiger partial charge in [-0.15, -0.1) is 11.3 Å². The molecule has 0 bridgehead atoms. The summed E-state index contributed by atoms with van der Waals surface area (Å²) in [5, 5.41) is 2.94. The highest BCUT2D eigenvalue weighted by molar-refractivity contribution is 7.11. The third-order valence-electron chi connectivity index (χ3n) is 3.71. The average molecular weight is 301 g/mol. The molecule has 0 spiro atoms. The molecule has 1 amide bonds. The molecule has 0 atom stereocenters. The van der Waals surface area contributed by atoms with E-state index >= 15 is 0 Å². The second kappa shape index (κ2) is 6.83. The number of nitrogens with zero attached hydrogens (tertiary/aromatic N) is 2. The summed E-state index contributed by atoms with van der Waals surface area (Å²) in [6.45, 7) is 3.97. The van der Waals surface area contributed by atoms with Crippen LogP contribution >= 0.6 is 11.3 Å². The second-order valence-electron chi connectivity index (χ2n) is 5.35. The highest BCUT2D eigenvalue weighted by atomic mass is 32.1. The van der Waals surface area contributed by atoms with Gasteiger partial charge in [0.05, 0.1) is 11.7 Å².